The number of Topliss-reactive ketones (excluding diaryl/α,β-unsaturated/α-hetero) is 1. The summed E-state index contributed by atoms with van der Waals surface area (Å²) in [7, 11) is 0. The van der Waals surface area contributed by atoms with Crippen molar-refractivity contribution in [3.8, 4) is 5.75 Å². The Hall–Kier alpha value is -3.76. The Bertz CT molecular complexity index is 1560. The minimum Gasteiger partial charge on any atom is -0.508 e. The van der Waals surface area contributed by atoms with E-state index in [-0.39, 0.29) is 23.4 Å². The number of piperidine rings is 1. The number of aromatic nitrogens is 2. The molecular weight excluding hydrogens is 496 g/mol. The topological polar surface area (TPSA) is 109 Å². The number of rotatable bonds is 5. The lowest BCUT2D eigenvalue weighted by Gasteiger charge is -2.31. The number of phenolic OH excluding ortho intramolecular Hbond substituents is 1. The second-order valence-electron chi connectivity index (χ2n) is 8.82. The third-order valence-electron chi connectivity index (χ3n) is 6.34. The van der Waals surface area contributed by atoms with Gasteiger partial charge in [-0.2, -0.15) is 0 Å². The number of aryl methyl sites for hydroxylation is 1. The first-order chi connectivity index (χ1) is 17.4. The Morgan fingerprint density at radius 2 is 1.83 bits per heavy atom. The van der Waals surface area contributed by atoms with Crippen LogP contribution in [0, 0.1) is 12.8 Å². The molecule has 1 saturated heterocycles. The zero-order chi connectivity index (χ0) is 24.8. The van der Waals surface area contributed by atoms with E-state index in [1.807, 2.05) is 6.07 Å². The lowest BCUT2D eigenvalue weighted by molar-refractivity contribution is 0.0900. The van der Waals surface area contributed by atoms with E-state index in [0.717, 1.165) is 40.6 Å². The number of oxazole rings is 1. The van der Waals surface area contributed by atoms with Crippen LogP contribution in [0.3, 0.4) is 0 Å². The number of hydrogen-bond donors (Lipinski definition) is 2. The van der Waals surface area contributed by atoms with E-state index in [0.29, 0.717) is 33.1 Å². The molecule has 2 N–H and O–H groups in total. The molecule has 0 bridgehead atoms. The zero-order valence-corrected chi connectivity index (χ0v) is 21.0. The molecule has 3 aromatic heterocycles. The standard InChI is InChI=1S/C26H22N4O4S2/c1-14-27-19-12-17(4-7-20(19)34-14)28-24(33)21-13-22-25(35-21)29-26(36-22)30-10-8-16(9-11-30)23(32)15-2-5-18(31)6-3-15/h2-7,12-13,16,31H,8-11H2,1H3,(H,28,33). The summed E-state index contributed by atoms with van der Waals surface area (Å²) < 4.78 is 6.46. The van der Waals surface area contributed by atoms with E-state index in [1.165, 1.54) is 11.3 Å². The Kier molecular flexibility index (Phi) is 5.69. The van der Waals surface area contributed by atoms with Crippen molar-refractivity contribution >= 4 is 65.8 Å². The summed E-state index contributed by atoms with van der Waals surface area (Å²) in [4.78, 5) is 38.4. The third-order valence-corrected chi connectivity index (χ3v) is 8.56. The van der Waals surface area contributed by atoms with Gasteiger partial charge in [-0.3, -0.25) is 9.59 Å². The van der Waals surface area contributed by atoms with E-state index < -0.39 is 0 Å². The van der Waals surface area contributed by atoms with Gasteiger partial charge in [-0.05, 0) is 61.4 Å². The molecule has 0 radical (unpaired) electrons. The molecule has 1 aliphatic rings. The maximum atomic E-state index is 12.8. The number of carbonyl (C=O) groups excluding carboxylic acids is 2. The maximum absolute atomic E-state index is 12.8. The van der Waals surface area contributed by atoms with Gasteiger partial charge in [-0.25, -0.2) is 9.97 Å². The summed E-state index contributed by atoms with van der Waals surface area (Å²) in [5, 5.41) is 13.3. The monoisotopic (exact) mass is 518 g/mol. The first-order valence-electron chi connectivity index (χ1n) is 11.6. The van der Waals surface area contributed by atoms with Crippen molar-refractivity contribution in [2.24, 2.45) is 5.92 Å². The number of nitrogens with zero attached hydrogens (tertiary/aromatic N) is 3. The van der Waals surface area contributed by atoms with Crippen molar-refractivity contribution in [1.82, 2.24) is 9.97 Å². The van der Waals surface area contributed by atoms with E-state index in [2.05, 4.69) is 15.2 Å². The van der Waals surface area contributed by atoms with Crippen LogP contribution in [0.1, 0.15) is 38.8 Å². The minimum absolute atomic E-state index is 0.0254. The number of thiophene rings is 1. The molecule has 1 amide bonds. The molecule has 10 heteroatoms. The highest BCUT2D eigenvalue weighted by Crippen LogP contribution is 2.37. The first kappa shape index (κ1) is 22.7. The number of anilines is 2. The lowest BCUT2D eigenvalue weighted by atomic mass is 9.89. The second-order valence-corrected chi connectivity index (χ2v) is 10.9. The van der Waals surface area contributed by atoms with Crippen molar-refractivity contribution in [3.05, 3.63) is 64.9 Å². The fraction of sp³-hybridized carbons (Fsp3) is 0.231. The van der Waals surface area contributed by atoms with Crippen LogP contribution in [0.4, 0.5) is 10.8 Å². The van der Waals surface area contributed by atoms with Crippen LogP contribution in [0.5, 0.6) is 5.75 Å². The quantitative estimate of drug-likeness (QED) is 0.280. The summed E-state index contributed by atoms with van der Waals surface area (Å²) >= 11 is 2.94. The van der Waals surface area contributed by atoms with Gasteiger partial charge in [-0.1, -0.05) is 11.3 Å². The van der Waals surface area contributed by atoms with E-state index in [9.17, 15) is 14.7 Å². The highest BCUT2D eigenvalue weighted by molar-refractivity contribution is 7.29. The molecular formula is C26H22N4O4S2. The summed E-state index contributed by atoms with van der Waals surface area (Å²) in [6, 6.07) is 13.7. The molecule has 5 aromatic rings. The first-order valence-corrected chi connectivity index (χ1v) is 13.2. The van der Waals surface area contributed by atoms with Crippen LogP contribution < -0.4 is 10.2 Å². The van der Waals surface area contributed by atoms with Gasteiger partial charge in [0.2, 0.25) is 0 Å². The highest BCUT2D eigenvalue weighted by atomic mass is 32.1. The van der Waals surface area contributed by atoms with Crippen molar-refractivity contribution < 1.29 is 19.1 Å². The van der Waals surface area contributed by atoms with Crippen LogP contribution in [0.2, 0.25) is 0 Å². The molecule has 8 nitrogen and oxygen atoms in total. The highest BCUT2D eigenvalue weighted by Gasteiger charge is 2.27. The number of phenols is 1. The average molecular weight is 519 g/mol. The fourth-order valence-electron chi connectivity index (χ4n) is 4.48. The summed E-state index contributed by atoms with van der Waals surface area (Å²) in [6.07, 6.45) is 1.52. The van der Waals surface area contributed by atoms with Gasteiger partial charge >= 0.3 is 0 Å². The van der Waals surface area contributed by atoms with Crippen LogP contribution in [-0.2, 0) is 0 Å². The smallest absolute Gasteiger partial charge is 0.265 e. The Balaban J connectivity index is 1.10. The van der Waals surface area contributed by atoms with E-state index >= 15 is 0 Å². The lowest BCUT2D eigenvalue weighted by Crippen LogP contribution is -2.36. The molecule has 1 aliphatic heterocycles. The molecule has 0 unspecified atom stereocenters. The third kappa shape index (κ3) is 4.33. The van der Waals surface area contributed by atoms with Gasteiger partial charge in [0.05, 0.1) is 9.58 Å². The molecule has 4 heterocycles. The molecule has 182 valence electrons. The van der Waals surface area contributed by atoms with Crippen LogP contribution in [0.25, 0.3) is 20.6 Å². The predicted octanol–water partition coefficient (Wildman–Crippen LogP) is 5.86. The fourth-order valence-corrected chi connectivity index (χ4v) is 6.64. The van der Waals surface area contributed by atoms with Gasteiger partial charge in [0.15, 0.2) is 22.4 Å². The Morgan fingerprint density at radius 3 is 2.58 bits per heavy atom. The molecule has 6 rings (SSSR count). The number of ketones is 1. The summed E-state index contributed by atoms with van der Waals surface area (Å²) in [5.74, 6) is 0.668. The number of thiazole rings is 1. The maximum Gasteiger partial charge on any atom is 0.265 e. The molecule has 0 spiro atoms. The number of nitrogens with one attached hydrogen (secondary N) is 1. The number of hydrogen-bond acceptors (Lipinski definition) is 9. The van der Waals surface area contributed by atoms with Crippen LogP contribution in [0.15, 0.2) is 52.9 Å². The SMILES string of the molecule is Cc1nc2cc(NC(=O)c3cc4sc(N5CCC(C(=O)c6ccc(O)cc6)CC5)nc4s3)ccc2o1. The van der Waals surface area contributed by atoms with Gasteiger partial charge in [0.1, 0.15) is 16.1 Å². The number of amides is 1. The zero-order valence-electron chi connectivity index (χ0n) is 19.4. The molecule has 0 aliphatic carbocycles. The van der Waals surface area contributed by atoms with Gasteiger partial charge in [0.25, 0.3) is 5.91 Å². The van der Waals surface area contributed by atoms with Crippen LogP contribution >= 0.6 is 22.7 Å². The number of aromatic hydroxyl groups is 1. The predicted molar refractivity (Wildman–Crippen MR) is 142 cm³/mol. The molecule has 0 atom stereocenters. The van der Waals surface area contributed by atoms with Crippen molar-refractivity contribution in [2.75, 3.05) is 23.3 Å². The minimum atomic E-state index is -0.181. The van der Waals surface area contributed by atoms with Gasteiger partial charge in [0, 0.05) is 37.2 Å². The second kappa shape index (κ2) is 9.03. The molecule has 2 aromatic carbocycles. The largest absolute Gasteiger partial charge is 0.508 e. The van der Waals surface area contributed by atoms with Crippen molar-refractivity contribution in [1.29, 1.82) is 0 Å². The van der Waals surface area contributed by atoms with Crippen molar-refractivity contribution in [2.45, 2.75) is 19.8 Å². The molecule has 1 fully saturated rings. The average Bonchev–Trinajstić information content (AvgIpc) is 3.56. The number of carbonyl (C=O) groups is 2. The van der Waals surface area contributed by atoms with E-state index in [1.54, 1.807) is 60.7 Å². The van der Waals surface area contributed by atoms with Crippen LogP contribution in [-0.4, -0.2) is 39.9 Å². The van der Waals surface area contributed by atoms with Gasteiger partial charge < -0.3 is 19.7 Å². The molecule has 36 heavy (non-hydrogen) atoms. The van der Waals surface area contributed by atoms with Gasteiger partial charge in [-0.15, -0.1) is 11.3 Å². The number of fused-ring (bicyclic) bond motifs is 2. The normalized spacial score (nSPS) is 14.5. The van der Waals surface area contributed by atoms with E-state index in [4.69, 9.17) is 9.40 Å². The van der Waals surface area contributed by atoms with Crippen molar-refractivity contribution in [3.63, 3.8) is 0 Å². The Morgan fingerprint density at radius 1 is 1.06 bits per heavy atom. The molecule has 0 saturated carbocycles. The summed E-state index contributed by atoms with van der Waals surface area (Å²) in [5.41, 5.74) is 2.70. The Labute approximate surface area is 214 Å². The number of benzene rings is 2. The summed E-state index contributed by atoms with van der Waals surface area (Å²) in [6.45, 7) is 3.30.